The van der Waals surface area contributed by atoms with Crippen molar-refractivity contribution in [3.63, 3.8) is 0 Å². The molecular weight excluding hydrogens is 254 g/mol. The molecule has 1 unspecified atom stereocenters. The molecule has 21 heavy (non-hydrogen) atoms. The van der Waals surface area contributed by atoms with Crippen molar-refractivity contribution in [1.29, 1.82) is 0 Å². The van der Waals surface area contributed by atoms with Crippen LogP contribution in [0, 0.1) is 5.41 Å². The molecule has 0 bridgehead atoms. The summed E-state index contributed by atoms with van der Waals surface area (Å²) < 4.78 is 0. The molecule has 0 aliphatic rings. The molecule has 2 rings (SSSR count). The molecule has 1 heteroatoms. The Labute approximate surface area is 129 Å². The first-order valence-electron chi connectivity index (χ1n) is 7.81. The highest BCUT2D eigenvalue weighted by Crippen LogP contribution is 2.28. The van der Waals surface area contributed by atoms with Crippen LogP contribution in [-0.4, -0.2) is 12.6 Å². The van der Waals surface area contributed by atoms with Crippen molar-refractivity contribution in [1.82, 2.24) is 5.32 Å². The van der Waals surface area contributed by atoms with E-state index in [0.29, 0.717) is 17.4 Å². The van der Waals surface area contributed by atoms with Gasteiger partial charge in [0.05, 0.1) is 0 Å². The van der Waals surface area contributed by atoms with E-state index in [1.807, 2.05) is 0 Å². The maximum Gasteiger partial charge on any atom is 0.0240 e. The number of nitrogens with one attached hydrogen (secondary N) is 1. The SMILES string of the molecule is CC(NCC(C)(C)C)C(c1ccccc1)c1ccccc1. The van der Waals surface area contributed by atoms with Crippen LogP contribution in [0.2, 0.25) is 0 Å². The van der Waals surface area contributed by atoms with E-state index in [4.69, 9.17) is 0 Å². The number of benzene rings is 2. The van der Waals surface area contributed by atoms with Crippen LogP contribution in [0.1, 0.15) is 44.7 Å². The van der Waals surface area contributed by atoms with Crippen LogP contribution in [0.3, 0.4) is 0 Å². The highest BCUT2D eigenvalue weighted by atomic mass is 14.9. The fourth-order valence-electron chi connectivity index (χ4n) is 2.68. The molecule has 2 aromatic rings. The van der Waals surface area contributed by atoms with Gasteiger partial charge in [0.2, 0.25) is 0 Å². The first-order valence-corrected chi connectivity index (χ1v) is 7.81. The summed E-state index contributed by atoms with van der Waals surface area (Å²) in [5.74, 6) is 0.384. The summed E-state index contributed by atoms with van der Waals surface area (Å²) in [4.78, 5) is 0. The molecule has 0 heterocycles. The van der Waals surface area contributed by atoms with Crippen molar-refractivity contribution in [2.24, 2.45) is 5.41 Å². The van der Waals surface area contributed by atoms with Gasteiger partial charge < -0.3 is 5.32 Å². The van der Waals surface area contributed by atoms with Crippen LogP contribution in [-0.2, 0) is 0 Å². The summed E-state index contributed by atoms with van der Waals surface area (Å²) in [5.41, 5.74) is 3.04. The van der Waals surface area contributed by atoms with Gasteiger partial charge in [-0.25, -0.2) is 0 Å². The predicted octanol–water partition coefficient (Wildman–Crippen LogP) is 4.84. The lowest BCUT2D eigenvalue weighted by Crippen LogP contribution is -2.38. The Kier molecular flexibility index (Phi) is 5.19. The highest BCUT2D eigenvalue weighted by molar-refractivity contribution is 5.34. The Balaban J connectivity index is 2.25. The van der Waals surface area contributed by atoms with Crippen molar-refractivity contribution in [2.45, 2.75) is 39.7 Å². The zero-order valence-electron chi connectivity index (χ0n) is 13.6. The lowest BCUT2D eigenvalue weighted by molar-refractivity contribution is 0.347. The van der Waals surface area contributed by atoms with Gasteiger partial charge in [-0.1, -0.05) is 81.4 Å². The molecule has 0 aliphatic carbocycles. The summed E-state index contributed by atoms with van der Waals surface area (Å²) in [7, 11) is 0. The van der Waals surface area contributed by atoms with Crippen LogP contribution in [0.15, 0.2) is 60.7 Å². The molecule has 112 valence electrons. The summed E-state index contributed by atoms with van der Waals surface area (Å²) in [6, 6.07) is 22.0. The smallest absolute Gasteiger partial charge is 0.0240 e. The maximum atomic E-state index is 3.72. The minimum Gasteiger partial charge on any atom is -0.313 e. The van der Waals surface area contributed by atoms with E-state index in [0.717, 1.165) is 6.54 Å². The van der Waals surface area contributed by atoms with Gasteiger partial charge in [0.1, 0.15) is 0 Å². The Morgan fingerprint density at radius 3 is 1.62 bits per heavy atom. The van der Waals surface area contributed by atoms with Crippen molar-refractivity contribution in [3.8, 4) is 0 Å². The molecule has 0 fully saturated rings. The average Bonchev–Trinajstić information content (AvgIpc) is 2.47. The van der Waals surface area contributed by atoms with Gasteiger partial charge in [0.25, 0.3) is 0 Å². The molecule has 0 spiro atoms. The third-order valence-corrected chi connectivity index (χ3v) is 3.77. The minimum absolute atomic E-state index is 0.298. The van der Waals surface area contributed by atoms with Gasteiger partial charge in [0.15, 0.2) is 0 Å². The lowest BCUT2D eigenvalue weighted by atomic mass is 9.85. The van der Waals surface area contributed by atoms with E-state index in [-0.39, 0.29) is 0 Å². The van der Waals surface area contributed by atoms with Gasteiger partial charge in [-0.3, -0.25) is 0 Å². The zero-order valence-corrected chi connectivity index (χ0v) is 13.6. The van der Waals surface area contributed by atoms with E-state index in [1.165, 1.54) is 11.1 Å². The molecule has 1 N–H and O–H groups in total. The predicted molar refractivity (Wildman–Crippen MR) is 91.6 cm³/mol. The van der Waals surface area contributed by atoms with Crippen LogP contribution < -0.4 is 5.32 Å². The quantitative estimate of drug-likeness (QED) is 0.826. The van der Waals surface area contributed by atoms with Gasteiger partial charge in [0, 0.05) is 18.5 Å². The first-order chi connectivity index (χ1) is 9.97. The fourth-order valence-corrected chi connectivity index (χ4v) is 2.68. The molecule has 0 saturated heterocycles. The fraction of sp³-hybridized carbons (Fsp3) is 0.400. The standard InChI is InChI=1S/C20H27N/c1-16(21-15-20(2,3)4)19(17-11-7-5-8-12-17)18-13-9-6-10-14-18/h5-14,16,19,21H,15H2,1-4H3. The molecule has 0 aromatic heterocycles. The topological polar surface area (TPSA) is 12.0 Å². The number of hydrogen-bond acceptors (Lipinski definition) is 1. The molecule has 1 atom stereocenters. The first kappa shape index (κ1) is 15.8. The highest BCUT2D eigenvalue weighted by Gasteiger charge is 2.22. The molecule has 2 aromatic carbocycles. The second-order valence-electron chi connectivity index (χ2n) is 7.03. The third-order valence-electron chi connectivity index (χ3n) is 3.77. The Morgan fingerprint density at radius 1 is 0.810 bits per heavy atom. The van der Waals surface area contributed by atoms with Crippen LogP contribution in [0.25, 0.3) is 0 Å². The molecule has 0 radical (unpaired) electrons. The Bertz CT molecular complexity index is 485. The van der Waals surface area contributed by atoms with Gasteiger partial charge >= 0.3 is 0 Å². The lowest BCUT2D eigenvalue weighted by Gasteiger charge is -2.29. The molecule has 0 amide bonds. The van der Waals surface area contributed by atoms with Crippen molar-refractivity contribution >= 4 is 0 Å². The van der Waals surface area contributed by atoms with Gasteiger partial charge in [-0.05, 0) is 23.5 Å². The number of rotatable bonds is 5. The Hall–Kier alpha value is -1.60. The molecular formula is C20H27N. The zero-order chi connectivity index (χ0) is 15.3. The molecule has 0 aliphatic heterocycles. The minimum atomic E-state index is 0.298. The normalized spacial score (nSPS) is 13.4. The molecule has 1 nitrogen and oxygen atoms in total. The summed E-state index contributed by atoms with van der Waals surface area (Å²) >= 11 is 0. The van der Waals surface area contributed by atoms with Gasteiger partial charge in [-0.15, -0.1) is 0 Å². The second kappa shape index (κ2) is 6.91. The maximum absolute atomic E-state index is 3.72. The van der Waals surface area contributed by atoms with Crippen LogP contribution in [0.4, 0.5) is 0 Å². The van der Waals surface area contributed by atoms with E-state index in [9.17, 15) is 0 Å². The number of hydrogen-bond donors (Lipinski definition) is 1. The molecule has 0 saturated carbocycles. The summed E-state index contributed by atoms with van der Waals surface area (Å²) in [6.07, 6.45) is 0. The third kappa shape index (κ3) is 4.71. The van der Waals surface area contributed by atoms with Crippen molar-refractivity contribution < 1.29 is 0 Å². The largest absolute Gasteiger partial charge is 0.313 e. The van der Waals surface area contributed by atoms with Crippen LogP contribution >= 0.6 is 0 Å². The average molecular weight is 281 g/mol. The summed E-state index contributed by atoms with van der Waals surface area (Å²) in [6.45, 7) is 10.1. The second-order valence-corrected chi connectivity index (χ2v) is 7.03. The van der Waals surface area contributed by atoms with Crippen molar-refractivity contribution in [2.75, 3.05) is 6.54 Å². The van der Waals surface area contributed by atoms with Crippen molar-refractivity contribution in [3.05, 3.63) is 71.8 Å². The Morgan fingerprint density at radius 2 is 1.24 bits per heavy atom. The van der Waals surface area contributed by atoms with E-state index in [1.54, 1.807) is 0 Å². The van der Waals surface area contributed by atoms with E-state index >= 15 is 0 Å². The van der Waals surface area contributed by atoms with E-state index < -0.39 is 0 Å². The monoisotopic (exact) mass is 281 g/mol. The summed E-state index contributed by atoms with van der Waals surface area (Å²) in [5, 5.41) is 3.72. The van der Waals surface area contributed by atoms with Crippen LogP contribution in [0.5, 0.6) is 0 Å². The van der Waals surface area contributed by atoms with Gasteiger partial charge in [-0.2, -0.15) is 0 Å². The van der Waals surface area contributed by atoms with E-state index in [2.05, 4.69) is 93.7 Å².